The topological polar surface area (TPSA) is 70.1 Å². The second-order valence-electron chi connectivity index (χ2n) is 5.29. The highest BCUT2D eigenvalue weighted by molar-refractivity contribution is 9.10. The molecule has 1 aromatic heterocycles. The number of rotatable bonds is 2. The lowest BCUT2D eigenvalue weighted by Gasteiger charge is -2.19. The van der Waals surface area contributed by atoms with E-state index in [2.05, 4.69) is 21.0 Å². The van der Waals surface area contributed by atoms with Gasteiger partial charge in [0.1, 0.15) is 12.1 Å². The summed E-state index contributed by atoms with van der Waals surface area (Å²) in [6.45, 7) is 5.53. The van der Waals surface area contributed by atoms with Crippen LogP contribution in [0.1, 0.15) is 20.8 Å². The molecule has 0 aliphatic carbocycles. The van der Waals surface area contributed by atoms with Gasteiger partial charge in [-0.2, -0.15) is 5.10 Å². The van der Waals surface area contributed by atoms with E-state index in [4.69, 9.17) is 10.5 Å². The molecule has 0 amide bonds. The number of nitrogen functional groups attached to an aromatic ring is 1. The Hall–Kier alpha value is -1.56. The number of anilines is 1. The molecule has 0 aliphatic heterocycles. The molecule has 0 radical (unpaired) electrons. The fourth-order valence-electron chi connectivity index (χ4n) is 1.79. The van der Waals surface area contributed by atoms with E-state index in [9.17, 15) is 4.79 Å². The number of nitrogens with zero attached hydrogens (tertiary/aromatic N) is 2. The van der Waals surface area contributed by atoms with Crippen LogP contribution in [0.3, 0.4) is 0 Å². The molecule has 1 heterocycles. The lowest BCUT2D eigenvalue weighted by molar-refractivity contribution is -0.155. The maximum absolute atomic E-state index is 11.8. The summed E-state index contributed by atoms with van der Waals surface area (Å²) in [5, 5.41) is 5.00. The second kappa shape index (κ2) is 4.85. The number of esters is 1. The van der Waals surface area contributed by atoms with Crippen molar-refractivity contribution in [2.45, 2.75) is 32.9 Å². The Morgan fingerprint density at radius 1 is 1.47 bits per heavy atom. The van der Waals surface area contributed by atoms with Crippen molar-refractivity contribution in [3.63, 3.8) is 0 Å². The quantitative estimate of drug-likeness (QED) is 0.862. The summed E-state index contributed by atoms with van der Waals surface area (Å²) < 4.78 is 7.74. The average Bonchev–Trinajstić information content (AvgIpc) is 2.52. The first-order valence-corrected chi connectivity index (χ1v) is 6.69. The number of aromatic nitrogens is 2. The van der Waals surface area contributed by atoms with E-state index in [0.29, 0.717) is 5.82 Å². The largest absolute Gasteiger partial charge is 0.459 e. The zero-order chi connectivity index (χ0) is 14.2. The van der Waals surface area contributed by atoms with E-state index in [1.165, 1.54) is 0 Å². The van der Waals surface area contributed by atoms with Crippen LogP contribution >= 0.6 is 15.9 Å². The van der Waals surface area contributed by atoms with Crippen molar-refractivity contribution in [2.75, 3.05) is 5.73 Å². The van der Waals surface area contributed by atoms with Gasteiger partial charge in [0, 0.05) is 9.86 Å². The number of carbonyl (C=O) groups excluding carboxylic acids is 1. The number of benzene rings is 1. The first-order valence-electron chi connectivity index (χ1n) is 5.90. The third kappa shape index (κ3) is 3.26. The molecule has 0 aliphatic rings. The summed E-state index contributed by atoms with van der Waals surface area (Å²) in [5.41, 5.74) is 6.13. The van der Waals surface area contributed by atoms with Gasteiger partial charge in [-0.15, -0.1) is 0 Å². The molecule has 1 aromatic carbocycles. The highest BCUT2D eigenvalue weighted by atomic mass is 79.9. The molecule has 2 rings (SSSR count). The zero-order valence-corrected chi connectivity index (χ0v) is 12.7. The van der Waals surface area contributed by atoms with Crippen molar-refractivity contribution in [3.8, 4) is 0 Å². The lowest BCUT2D eigenvalue weighted by atomic mass is 10.2. The van der Waals surface area contributed by atoms with E-state index in [-0.39, 0.29) is 12.5 Å². The van der Waals surface area contributed by atoms with Crippen molar-refractivity contribution in [3.05, 3.63) is 22.7 Å². The SMILES string of the molecule is CC(C)(C)OC(=O)Cn1nc(N)c2ccc(Br)cc21. The normalized spacial score (nSPS) is 11.8. The van der Waals surface area contributed by atoms with E-state index >= 15 is 0 Å². The molecule has 102 valence electrons. The van der Waals surface area contributed by atoms with Gasteiger partial charge in [0.2, 0.25) is 0 Å². The number of ether oxygens (including phenoxy) is 1. The van der Waals surface area contributed by atoms with Gasteiger partial charge in [-0.05, 0) is 39.0 Å². The van der Waals surface area contributed by atoms with Gasteiger partial charge in [-0.1, -0.05) is 15.9 Å². The second-order valence-corrected chi connectivity index (χ2v) is 6.21. The molecule has 0 bridgehead atoms. The summed E-state index contributed by atoms with van der Waals surface area (Å²) in [7, 11) is 0. The Morgan fingerprint density at radius 3 is 2.79 bits per heavy atom. The minimum Gasteiger partial charge on any atom is -0.459 e. The van der Waals surface area contributed by atoms with Gasteiger partial charge in [0.05, 0.1) is 5.52 Å². The Labute approximate surface area is 119 Å². The number of nitrogens with two attached hydrogens (primary N) is 1. The van der Waals surface area contributed by atoms with Gasteiger partial charge in [-0.3, -0.25) is 9.48 Å². The molecule has 2 N–H and O–H groups in total. The Balaban J connectivity index is 2.31. The smallest absolute Gasteiger partial charge is 0.328 e. The number of halogens is 1. The third-order valence-electron chi connectivity index (χ3n) is 2.44. The van der Waals surface area contributed by atoms with Gasteiger partial charge in [-0.25, -0.2) is 0 Å². The van der Waals surface area contributed by atoms with Crippen LogP contribution in [0.2, 0.25) is 0 Å². The minimum absolute atomic E-state index is 0.0431. The number of fused-ring (bicyclic) bond motifs is 1. The monoisotopic (exact) mass is 325 g/mol. The molecule has 5 nitrogen and oxygen atoms in total. The van der Waals surface area contributed by atoms with Crippen LogP contribution < -0.4 is 5.73 Å². The molecule has 19 heavy (non-hydrogen) atoms. The Kier molecular flexibility index (Phi) is 3.54. The minimum atomic E-state index is -0.508. The summed E-state index contributed by atoms with van der Waals surface area (Å²) in [6.07, 6.45) is 0. The number of hydrogen-bond acceptors (Lipinski definition) is 4. The predicted molar refractivity (Wildman–Crippen MR) is 77.7 cm³/mol. The van der Waals surface area contributed by atoms with Crippen molar-refractivity contribution >= 4 is 38.6 Å². The van der Waals surface area contributed by atoms with Gasteiger partial charge >= 0.3 is 5.97 Å². The van der Waals surface area contributed by atoms with Crippen molar-refractivity contribution in [1.29, 1.82) is 0 Å². The van der Waals surface area contributed by atoms with Crippen LogP contribution in [0.5, 0.6) is 0 Å². The fourth-order valence-corrected chi connectivity index (χ4v) is 2.14. The third-order valence-corrected chi connectivity index (χ3v) is 2.93. The molecule has 0 saturated carbocycles. The van der Waals surface area contributed by atoms with Gasteiger partial charge < -0.3 is 10.5 Å². The van der Waals surface area contributed by atoms with Gasteiger partial charge in [0.25, 0.3) is 0 Å². The molecule has 0 spiro atoms. The molecule has 0 unspecified atom stereocenters. The maximum Gasteiger partial charge on any atom is 0.328 e. The van der Waals surface area contributed by atoms with Crippen LogP contribution in [0.15, 0.2) is 22.7 Å². The average molecular weight is 326 g/mol. The number of hydrogen-bond donors (Lipinski definition) is 1. The van der Waals surface area contributed by atoms with Crippen LogP contribution in [0, 0.1) is 0 Å². The van der Waals surface area contributed by atoms with Crippen LogP contribution in [-0.2, 0) is 16.1 Å². The standard InChI is InChI=1S/C13H16BrN3O2/c1-13(2,3)19-11(18)7-17-10-6-8(14)4-5-9(10)12(15)16-17/h4-6H,7H2,1-3H3,(H2,15,16). The lowest BCUT2D eigenvalue weighted by Crippen LogP contribution is -2.26. The molecular formula is C13H16BrN3O2. The van der Waals surface area contributed by atoms with Crippen molar-refractivity contribution in [2.24, 2.45) is 0 Å². The Bertz CT molecular complexity index is 629. The molecule has 0 atom stereocenters. The van der Waals surface area contributed by atoms with Gasteiger partial charge in [0.15, 0.2) is 5.82 Å². The molecule has 2 aromatic rings. The summed E-state index contributed by atoms with van der Waals surface area (Å²) in [4.78, 5) is 11.8. The summed E-state index contributed by atoms with van der Waals surface area (Å²) in [6, 6.07) is 5.63. The molecule has 6 heteroatoms. The van der Waals surface area contributed by atoms with Crippen LogP contribution in [0.4, 0.5) is 5.82 Å². The summed E-state index contributed by atoms with van der Waals surface area (Å²) in [5.74, 6) is 0.0722. The van der Waals surface area contributed by atoms with Crippen LogP contribution in [0.25, 0.3) is 10.9 Å². The van der Waals surface area contributed by atoms with E-state index in [0.717, 1.165) is 15.4 Å². The fraction of sp³-hybridized carbons (Fsp3) is 0.385. The first-order chi connectivity index (χ1) is 8.76. The van der Waals surface area contributed by atoms with Crippen LogP contribution in [-0.4, -0.2) is 21.4 Å². The Morgan fingerprint density at radius 2 is 2.16 bits per heavy atom. The van der Waals surface area contributed by atoms with E-state index < -0.39 is 5.60 Å². The highest BCUT2D eigenvalue weighted by Crippen LogP contribution is 2.24. The molecule has 0 fully saturated rings. The molecular weight excluding hydrogens is 310 g/mol. The number of carbonyl (C=O) groups is 1. The summed E-state index contributed by atoms with van der Waals surface area (Å²) >= 11 is 3.39. The highest BCUT2D eigenvalue weighted by Gasteiger charge is 2.18. The van der Waals surface area contributed by atoms with Crippen molar-refractivity contribution < 1.29 is 9.53 Å². The van der Waals surface area contributed by atoms with E-state index in [1.807, 2.05) is 39.0 Å². The zero-order valence-electron chi connectivity index (χ0n) is 11.1. The van der Waals surface area contributed by atoms with Crippen molar-refractivity contribution in [1.82, 2.24) is 9.78 Å². The maximum atomic E-state index is 11.8. The predicted octanol–water partition coefficient (Wildman–Crippen LogP) is 2.72. The van der Waals surface area contributed by atoms with E-state index in [1.54, 1.807) is 4.68 Å². The molecule has 0 saturated heterocycles. The first kappa shape index (κ1) is 13.9.